The Kier molecular flexibility index (Phi) is 6.40. The number of hydrogen-bond acceptors (Lipinski definition) is 0. The molecule has 0 radical (unpaired) electrons. The average molecular weight is 632 g/mol. The first-order valence-corrected chi connectivity index (χ1v) is 17.5. The zero-order chi connectivity index (χ0) is 33.7. The fourth-order valence-corrected chi connectivity index (χ4v) is 7.97. The van der Waals surface area contributed by atoms with Crippen LogP contribution in [0.1, 0.15) is 52.7 Å². The number of hydrogen-bond donors (Lipinski definition) is 0. The molecule has 0 fully saturated rings. The summed E-state index contributed by atoms with van der Waals surface area (Å²) in [5, 5.41) is 10.5. The van der Waals surface area contributed by atoms with E-state index in [0.717, 1.165) is 0 Å². The first kappa shape index (κ1) is 29.7. The van der Waals surface area contributed by atoms with Crippen molar-refractivity contribution in [3.8, 4) is 27.9 Å². The minimum absolute atomic E-state index is 0.0771. The van der Waals surface area contributed by atoms with Crippen molar-refractivity contribution in [1.82, 2.24) is 4.57 Å². The molecule has 0 atom stereocenters. The summed E-state index contributed by atoms with van der Waals surface area (Å²) in [5.41, 5.74) is 11.6. The summed E-state index contributed by atoms with van der Waals surface area (Å²) in [4.78, 5) is 0. The van der Waals surface area contributed by atoms with Crippen molar-refractivity contribution in [3.05, 3.63) is 151 Å². The summed E-state index contributed by atoms with van der Waals surface area (Å²) in [5.74, 6) is 0. The first-order valence-electron chi connectivity index (χ1n) is 17.5. The van der Waals surface area contributed by atoms with E-state index in [0.29, 0.717) is 0 Å². The van der Waals surface area contributed by atoms with E-state index in [4.69, 9.17) is 0 Å². The highest BCUT2D eigenvalue weighted by atomic mass is 15.0. The van der Waals surface area contributed by atoms with Gasteiger partial charge in [0.1, 0.15) is 0 Å². The molecule has 0 bridgehead atoms. The van der Waals surface area contributed by atoms with Crippen LogP contribution < -0.4 is 0 Å². The Labute approximate surface area is 288 Å². The minimum atomic E-state index is 0.0771. The molecule has 9 aromatic rings. The second-order valence-electron chi connectivity index (χ2n) is 15.9. The molecule has 0 aliphatic carbocycles. The average Bonchev–Trinajstić information content (AvgIpc) is 3.44. The summed E-state index contributed by atoms with van der Waals surface area (Å²) in [6.45, 7) is 13.8. The molecule has 238 valence electrons. The Morgan fingerprint density at radius 3 is 1.35 bits per heavy atom. The van der Waals surface area contributed by atoms with Crippen molar-refractivity contribution >= 4 is 54.1 Å². The summed E-state index contributed by atoms with van der Waals surface area (Å²) in [6.07, 6.45) is 0. The lowest BCUT2D eigenvalue weighted by molar-refractivity contribution is 0.590. The second kappa shape index (κ2) is 10.5. The summed E-state index contributed by atoms with van der Waals surface area (Å²) in [7, 11) is 0. The molecule has 0 N–H and O–H groups in total. The predicted octanol–water partition coefficient (Wildman–Crippen LogP) is 13.6. The highest BCUT2D eigenvalue weighted by Gasteiger charge is 2.21. The molecule has 0 unspecified atom stereocenters. The van der Waals surface area contributed by atoms with Gasteiger partial charge in [0, 0.05) is 16.5 Å². The normalized spacial score (nSPS) is 12.7. The van der Waals surface area contributed by atoms with Crippen molar-refractivity contribution in [3.63, 3.8) is 0 Å². The van der Waals surface area contributed by atoms with Crippen LogP contribution in [0.2, 0.25) is 0 Å². The van der Waals surface area contributed by atoms with Gasteiger partial charge < -0.3 is 4.57 Å². The van der Waals surface area contributed by atoms with Crippen LogP contribution in [0.25, 0.3) is 82.1 Å². The molecule has 49 heavy (non-hydrogen) atoms. The number of fused-ring (bicyclic) bond motifs is 3. The Bertz CT molecular complexity index is 2620. The zero-order valence-corrected chi connectivity index (χ0v) is 29.2. The number of rotatable bonds is 3. The maximum Gasteiger partial charge on any atom is 0.0541 e. The van der Waals surface area contributed by atoms with Crippen molar-refractivity contribution in [1.29, 1.82) is 0 Å². The van der Waals surface area contributed by atoms with Gasteiger partial charge >= 0.3 is 0 Å². The standard InChI is InChI=1S/C48H41N/c1-47(2,3)34-21-15-30(16-22-34)41-29-42(40-26-20-33-28-35(48(4,5)6)27-32-19-25-39(41)46(40)45(32)33)31-17-23-36(24-18-31)49-43-13-9-7-11-37(43)38-12-8-10-14-44(38)49/h7-29H,1-6H3. The van der Waals surface area contributed by atoms with E-state index in [-0.39, 0.29) is 10.8 Å². The number of benzene rings is 8. The molecule has 0 spiro atoms. The highest BCUT2D eigenvalue weighted by Crippen LogP contribution is 2.45. The van der Waals surface area contributed by atoms with Crippen LogP contribution in [-0.4, -0.2) is 4.57 Å². The summed E-state index contributed by atoms with van der Waals surface area (Å²) < 4.78 is 2.40. The lowest BCUT2D eigenvalue weighted by Gasteiger charge is -2.23. The molecule has 1 aromatic heterocycles. The molecular formula is C48H41N. The monoisotopic (exact) mass is 631 g/mol. The largest absolute Gasteiger partial charge is 0.309 e. The van der Waals surface area contributed by atoms with Gasteiger partial charge in [-0.3, -0.25) is 0 Å². The molecule has 0 aliphatic rings. The third kappa shape index (κ3) is 4.67. The number of para-hydroxylation sites is 2. The smallest absolute Gasteiger partial charge is 0.0541 e. The van der Waals surface area contributed by atoms with E-state index in [9.17, 15) is 0 Å². The predicted molar refractivity (Wildman–Crippen MR) is 213 cm³/mol. The SMILES string of the molecule is CC(C)(C)c1ccc(-c2cc(-c3ccc(-n4c5ccccc5c5ccccc54)cc3)c3ccc4cc(C(C)(C)C)cc5ccc2c3c45)cc1. The van der Waals surface area contributed by atoms with Gasteiger partial charge in [-0.05, 0) is 107 Å². The van der Waals surface area contributed by atoms with Gasteiger partial charge in [-0.25, -0.2) is 0 Å². The Balaban J connectivity index is 1.29. The lowest BCUT2D eigenvalue weighted by atomic mass is 9.81. The van der Waals surface area contributed by atoms with Crippen molar-refractivity contribution in [2.75, 3.05) is 0 Å². The van der Waals surface area contributed by atoms with E-state index in [1.54, 1.807) is 0 Å². The fourth-order valence-electron chi connectivity index (χ4n) is 7.97. The third-order valence-electron chi connectivity index (χ3n) is 10.7. The lowest BCUT2D eigenvalue weighted by Crippen LogP contribution is -2.10. The van der Waals surface area contributed by atoms with Gasteiger partial charge in [0.05, 0.1) is 11.0 Å². The van der Waals surface area contributed by atoms with Gasteiger partial charge in [0.15, 0.2) is 0 Å². The fraction of sp³-hybridized carbons (Fsp3) is 0.167. The minimum Gasteiger partial charge on any atom is -0.309 e. The van der Waals surface area contributed by atoms with E-state index in [1.807, 2.05) is 0 Å². The first-order chi connectivity index (χ1) is 23.6. The quantitative estimate of drug-likeness (QED) is 0.171. The summed E-state index contributed by atoms with van der Waals surface area (Å²) >= 11 is 0. The van der Waals surface area contributed by atoms with Gasteiger partial charge in [-0.1, -0.05) is 151 Å². The number of nitrogens with zero attached hydrogens (tertiary/aromatic N) is 1. The van der Waals surface area contributed by atoms with Crippen LogP contribution in [-0.2, 0) is 10.8 Å². The molecule has 0 saturated heterocycles. The number of aromatic nitrogens is 1. The molecule has 0 saturated carbocycles. The zero-order valence-electron chi connectivity index (χ0n) is 29.2. The molecule has 0 aliphatic heterocycles. The van der Waals surface area contributed by atoms with Gasteiger partial charge in [0.25, 0.3) is 0 Å². The van der Waals surface area contributed by atoms with Crippen LogP contribution in [0.5, 0.6) is 0 Å². The maximum absolute atomic E-state index is 2.43. The van der Waals surface area contributed by atoms with E-state index in [1.165, 1.54) is 93.2 Å². The van der Waals surface area contributed by atoms with Gasteiger partial charge in [-0.2, -0.15) is 0 Å². The molecule has 1 heteroatoms. The molecule has 1 heterocycles. The van der Waals surface area contributed by atoms with Crippen LogP contribution in [0.15, 0.2) is 140 Å². The maximum atomic E-state index is 2.43. The topological polar surface area (TPSA) is 4.93 Å². The van der Waals surface area contributed by atoms with Crippen molar-refractivity contribution < 1.29 is 0 Å². The Hall–Kier alpha value is -5.40. The van der Waals surface area contributed by atoms with E-state index in [2.05, 4.69) is 186 Å². The van der Waals surface area contributed by atoms with Crippen LogP contribution in [0.4, 0.5) is 0 Å². The van der Waals surface area contributed by atoms with Crippen molar-refractivity contribution in [2.24, 2.45) is 0 Å². The van der Waals surface area contributed by atoms with Crippen LogP contribution in [0, 0.1) is 0 Å². The van der Waals surface area contributed by atoms with Gasteiger partial charge in [0.2, 0.25) is 0 Å². The third-order valence-corrected chi connectivity index (χ3v) is 10.7. The summed E-state index contributed by atoms with van der Waals surface area (Å²) in [6, 6.07) is 52.6. The Morgan fingerprint density at radius 1 is 0.388 bits per heavy atom. The Morgan fingerprint density at radius 2 is 0.857 bits per heavy atom. The molecule has 9 rings (SSSR count). The molecule has 1 nitrogen and oxygen atoms in total. The van der Waals surface area contributed by atoms with Crippen LogP contribution >= 0.6 is 0 Å². The van der Waals surface area contributed by atoms with E-state index < -0.39 is 0 Å². The van der Waals surface area contributed by atoms with E-state index >= 15 is 0 Å². The van der Waals surface area contributed by atoms with Crippen molar-refractivity contribution in [2.45, 2.75) is 52.4 Å². The highest BCUT2D eigenvalue weighted by molar-refractivity contribution is 6.28. The van der Waals surface area contributed by atoms with Gasteiger partial charge in [-0.15, -0.1) is 0 Å². The second-order valence-corrected chi connectivity index (χ2v) is 15.9. The molecular weight excluding hydrogens is 591 g/mol. The van der Waals surface area contributed by atoms with Crippen LogP contribution in [0.3, 0.4) is 0 Å². The molecule has 8 aromatic carbocycles. The molecule has 0 amide bonds.